The van der Waals surface area contributed by atoms with Gasteiger partial charge in [-0.3, -0.25) is 19.7 Å². The molecule has 0 aliphatic carbocycles. The number of carbonyl (C=O) groups is 2. The van der Waals surface area contributed by atoms with E-state index in [9.17, 15) is 19.7 Å². The molecule has 0 radical (unpaired) electrons. The second-order valence-electron chi connectivity index (χ2n) is 5.16. The third-order valence-corrected chi connectivity index (χ3v) is 3.41. The Morgan fingerprint density at radius 2 is 1.88 bits per heavy atom. The van der Waals surface area contributed by atoms with E-state index in [1.165, 1.54) is 25.1 Å². The Hall–Kier alpha value is -3.37. The molecule has 8 heteroatoms. The van der Waals surface area contributed by atoms with Gasteiger partial charge in [0.1, 0.15) is 5.56 Å². The zero-order valence-corrected chi connectivity index (χ0v) is 14.5. The molecule has 7 nitrogen and oxygen atoms in total. The lowest BCUT2D eigenvalue weighted by Crippen LogP contribution is -2.24. The van der Waals surface area contributed by atoms with Gasteiger partial charge in [0.2, 0.25) is 5.91 Å². The van der Waals surface area contributed by atoms with Crippen LogP contribution in [0.5, 0.6) is 0 Å². The molecule has 2 N–H and O–H groups in total. The predicted molar refractivity (Wildman–Crippen MR) is 98.1 cm³/mol. The maximum Gasteiger partial charge on any atom is 0.282 e. The molecule has 0 fully saturated rings. The van der Waals surface area contributed by atoms with Gasteiger partial charge < -0.3 is 10.6 Å². The lowest BCUT2D eigenvalue weighted by molar-refractivity contribution is -0.385. The Balaban J connectivity index is 1.99. The largest absolute Gasteiger partial charge is 0.341 e. The summed E-state index contributed by atoms with van der Waals surface area (Å²) in [7, 11) is 0. The van der Waals surface area contributed by atoms with E-state index in [4.69, 9.17) is 11.6 Å². The Kier molecular flexibility index (Phi) is 6.31. The fourth-order valence-corrected chi connectivity index (χ4v) is 2.23. The van der Waals surface area contributed by atoms with Crippen LogP contribution in [0, 0.1) is 22.0 Å². The predicted octanol–water partition coefficient (Wildman–Crippen LogP) is 2.99. The van der Waals surface area contributed by atoms with E-state index < -0.39 is 10.8 Å². The van der Waals surface area contributed by atoms with Crippen molar-refractivity contribution in [1.82, 2.24) is 5.32 Å². The van der Waals surface area contributed by atoms with Crippen LogP contribution >= 0.6 is 11.6 Å². The summed E-state index contributed by atoms with van der Waals surface area (Å²) in [5.41, 5.74) is 0.907. The number of carbonyl (C=O) groups excluding carboxylic acids is 2. The fourth-order valence-electron chi connectivity index (χ4n) is 2.06. The van der Waals surface area contributed by atoms with Crippen molar-refractivity contribution >= 4 is 34.8 Å². The molecule has 2 rings (SSSR count). The first-order valence-electron chi connectivity index (χ1n) is 7.45. The van der Waals surface area contributed by atoms with Crippen LogP contribution < -0.4 is 10.6 Å². The molecule has 0 atom stereocenters. The van der Waals surface area contributed by atoms with Gasteiger partial charge in [0.05, 0.1) is 11.5 Å². The van der Waals surface area contributed by atoms with Gasteiger partial charge in [-0.25, -0.2) is 0 Å². The zero-order valence-electron chi connectivity index (χ0n) is 13.7. The molecular formula is C18H14ClN3O4. The summed E-state index contributed by atoms with van der Waals surface area (Å²) >= 11 is 5.79. The molecule has 0 aliphatic heterocycles. The molecule has 2 amide bonds. The van der Waals surface area contributed by atoms with Crippen molar-refractivity contribution in [2.45, 2.75) is 6.92 Å². The number of nitrogens with one attached hydrogen (secondary N) is 2. The van der Waals surface area contributed by atoms with Gasteiger partial charge in [-0.15, -0.1) is 0 Å². The molecule has 0 saturated carbocycles. The van der Waals surface area contributed by atoms with Crippen molar-refractivity contribution in [3.8, 4) is 11.8 Å². The van der Waals surface area contributed by atoms with Gasteiger partial charge >= 0.3 is 0 Å². The van der Waals surface area contributed by atoms with Crippen molar-refractivity contribution in [1.29, 1.82) is 0 Å². The summed E-state index contributed by atoms with van der Waals surface area (Å²) < 4.78 is 0. The summed E-state index contributed by atoms with van der Waals surface area (Å²) in [6.07, 6.45) is 0. The lowest BCUT2D eigenvalue weighted by Gasteiger charge is -2.03. The first-order valence-corrected chi connectivity index (χ1v) is 7.83. The zero-order chi connectivity index (χ0) is 19.1. The number of amides is 2. The highest BCUT2D eigenvalue weighted by Crippen LogP contribution is 2.22. The quantitative estimate of drug-likeness (QED) is 0.490. The molecular weight excluding hydrogens is 358 g/mol. The Bertz CT molecular complexity index is 914. The van der Waals surface area contributed by atoms with Crippen LogP contribution in [0.4, 0.5) is 11.4 Å². The van der Waals surface area contributed by atoms with E-state index in [1.54, 1.807) is 24.3 Å². The van der Waals surface area contributed by atoms with Gasteiger partial charge in [-0.05, 0) is 36.4 Å². The number of halogens is 1. The maximum atomic E-state index is 12.1. The minimum atomic E-state index is -0.645. The van der Waals surface area contributed by atoms with Crippen LogP contribution in [-0.2, 0) is 4.79 Å². The molecule has 26 heavy (non-hydrogen) atoms. The minimum Gasteiger partial charge on any atom is -0.341 e. The van der Waals surface area contributed by atoms with E-state index in [2.05, 4.69) is 22.5 Å². The number of benzene rings is 2. The summed E-state index contributed by atoms with van der Waals surface area (Å²) in [6.45, 7) is 1.43. The SMILES string of the molecule is CC(=O)Nc1ccc(C#CCNC(=O)c2cc(Cl)ccc2[N+](=O)[O-])cc1. The van der Waals surface area contributed by atoms with Gasteiger partial charge in [0.15, 0.2) is 0 Å². The second kappa shape index (κ2) is 8.65. The van der Waals surface area contributed by atoms with Crippen molar-refractivity contribution in [3.63, 3.8) is 0 Å². The van der Waals surface area contributed by atoms with Crippen molar-refractivity contribution in [3.05, 3.63) is 68.7 Å². The molecule has 0 bridgehead atoms. The first-order chi connectivity index (χ1) is 12.4. The van der Waals surface area contributed by atoms with Crippen LogP contribution in [0.2, 0.25) is 5.02 Å². The Morgan fingerprint density at radius 1 is 1.19 bits per heavy atom. The number of hydrogen-bond donors (Lipinski definition) is 2. The average Bonchev–Trinajstić information content (AvgIpc) is 2.59. The van der Waals surface area contributed by atoms with Crippen molar-refractivity contribution in [2.24, 2.45) is 0 Å². The molecule has 132 valence electrons. The number of hydrogen-bond acceptors (Lipinski definition) is 4. The van der Waals surface area contributed by atoms with Crippen LogP contribution in [0.15, 0.2) is 42.5 Å². The normalized spacial score (nSPS) is 9.62. The van der Waals surface area contributed by atoms with E-state index in [1.807, 2.05) is 0 Å². The summed E-state index contributed by atoms with van der Waals surface area (Å²) in [5.74, 6) is 4.80. The number of rotatable bonds is 4. The smallest absolute Gasteiger partial charge is 0.282 e. The molecule has 0 saturated heterocycles. The molecule has 0 aliphatic rings. The number of anilines is 1. The summed E-state index contributed by atoms with van der Waals surface area (Å²) in [4.78, 5) is 33.4. The molecule has 0 spiro atoms. The van der Waals surface area contributed by atoms with Crippen LogP contribution in [-0.4, -0.2) is 23.3 Å². The molecule has 2 aromatic carbocycles. The summed E-state index contributed by atoms with van der Waals surface area (Å²) in [6, 6.07) is 10.6. The van der Waals surface area contributed by atoms with Gasteiger partial charge in [0, 0.05) is 29.3 Å². The van der Waals surface area contributed by atoms with Crippen LogP contribution in [0.1, 0.15) is 22.8 Å². The second-order valence-corrected chi connectivity index (χ2v) is 5.60. The average molecular weight is 372 g/mol. The van der Waals surface area contributed by atoms with E-state index in [0.29, 0.717) is 11.3 Å². The standard InChI is InChI=1S/C18H14ClN3O4/c1-12(23)21-15-7-4-13(5-8-15)3-2-10-20-18(24)16-11-14(19)6-9-17(16)22(25)26/h4-9,11H,10H2,1H3,(H,20,24)(H,21,23). The highest BCUT2D eigenvalue weighted by Gasteiger charge is 2.19. The van der Waals surface area contributed by atoms with E-state index in [-0.39, 0.29) is 28.7 Å². The maximum absolute atomic E-state index is 12.1. The topological polar surface area (TPSA) is 101 Å². The number of nitro benzene ring substituents is 1. The third-order valence-electron chi connectivity index (χ3n) is 3.18. The van der Waals surface area contributed by atoms with Crippen LogP contribution in [0.25, 0.3) is 0 Å². The highest BCUT2D eigenvalue weighted by molar-refractivity contribution is 6.31. The minimum absolute atomic E-state index is 0.00987. The number of nitro groups is 1. The lowest BCUT2D eigenvalue weighted by atomic mass is 10.1. The third kappa shape index (κ3) is 5.33. The van der Waals surface area contributed by atoms with Crippen LogP contribution in [0.3, 0.4) is 0 Å². The van der Waals surface area contributed by atoms with Crippen molar-refractivity contribution in [2.75, 3.05) is 11.9 Å². The first kappa shape index (κ1) is 19.0. The summed E-state index contributed by atoms with van der Waals surface area (Å²) in [5, 5.41) is 16.3. The van der Waals surface area contributed by atoms with Gasteiger partial charge in [-0.1, -0.05) is 23.4 Å². The van der Waals surface area contributed by atoms with E-state index in [0.717, 1.165) is 0 Å². The Morgan fingerprint density at radius 3 is 2.50 bits per heavy atom. The van der Waals surface area contributed by atoms with Crippen molar-refractivity contribution < 1.29 is 14.5 Å². The van der Waals surface area contributed by atoms with Gasteiger partial charge in [-0.2, -0.15) is 0 Å². The monoisotopic (exact) mass is 371 g/mol. The number of nitrogens with zero attached hydrogens (tertiary/aromatic N) is 1. The van der Waals surface area contributed by atoms with E-state index >= 15 is 0 Å². The Labute approximate surface area is 154 Å². The fraction of sp³-hybridized carbons (Fsp3) is 0.111. The molecule has 0 heterocycles. The molecule has 2 aromatic rings. The highest BCUT2D eigenvalue weighted by atomic mass is 35.5. The van der Waals surface area contributed by atoms with Gasteiger partial charge in [0.25, 0.3) is 11.6 Å². The molecule has 0 unspecified atom stereocenters. The molecule has 0 aromatic heterocycles.